The van der Waals surface area contributed by atoms with Crippen LogP contribution >= 0.6 is 7.82 Å². The second-order valence-electron chi connectivity index (χ2n) is 16.0. The molecule has 0 aromatic rings. The van der Waals surface area contributed by atoms with E-state index in [1.165, 1.54) is 128 Å². The highest BCUT2D eigenvalue weighted by molar-refractivity contribution is 7.45. The number of phosphoric ester groups is 1. The number of phosphoric acid groups is 1. The Hall–Kier alpha value is -1.28. The molecule has 0 rings (SSSR count). The average molecular weight is 769 g/mol. The number of nitrogens with one attached hydrogen (secondary N) is 1. The van der Waals surface area contributed by atoms with Crippen LogP contribution in [0.2, 0.25) is 0 Å². The Balaban J connectivity index is 4.19. The Kier molecular flexibility index (Phi) is 35.5. The first-order chi connectivity index (χ1) is 25.5. The predicted molar refractivity (Wildman–Crippen MR) is 224 cm³/mol. The van der Waals surface area contributed by atoms with Crippen LogP contribution in [0.4, 0.5) is 0 Å². The van der Waals surface area contributed by atoms with Crippen LogP contribution in [0.5, 0.6) is 0 Å². The molecule has 8 nitrogen and oxygen atoms in total. The first-order valence-corrected chi connectivity index (χ1v) is 23.3. The van der Waals surface area contributed by atoms with Crippen LogP contribution < -0.4 is 10.2 Å². The second kappa shape index (κ2) is 36.4. The fourth-order valence-electron chi connectivity index (χ4n) is 6.03. The van der Waals surface area contributed by atoms with Crippen molar-refractivity contribution in [1.29, 1.82) is 0 Å². The summed E-state index contributed by atoms with van der Waals surface area (Å²) in [6.45, 7) is 4.54. The Labute approximate surface area is 327 Å². The minimum absolute atomic E-state index is 0.00687. The van der Waals surface area contributed by atoms with E-state index >= 15 is 0 Å². The highest BCUT2D eigenvalue weighted by atomic mass is 31.2. The first kappa shape index (κ1) is 51.7. The molecular weight excluding hydrogens is 683 g/mol. The summed E-state index contributed by atoms with van der Waals surface area (Å²) in [5.41, 5.74) is 0. The van der Waals surface area contributed by atoms with Crippen LogP contribution in [-0.4, -0.2) is 68.5 Å². The number of quaternary nitrogens is 1. The lowest BCUT2D eigenvalue weighted by Gasteiger charge is -2.29. The van der Waals surface area contributed by atoms with Crippen molar-refractivity contribution < 1.29 is 32.9 Å². The largest absolute Gasteiger partial charge is 0.756 e. The fourth-order valence-corrected chi connectivity index (χ4v) is 6.75. The molecule has 0 aromatic heterocycles. The van der Waals surface area contributed by atoms with Gasteiger partial charge in [-0.3, -0.25) is 9.36 Å². The Morgan fingerprint density at radius 1 is 0.642 bits per heavy atom. The van der Waals surface area contributed by atoms with Crippen LogP contribution in [0.15, 0.2) is 36.5 Å². The van der Waals surface area contributed by atoms with Crippen LogP contribution in [0.1, 0.15) is 187 Å². The third kappa shape index (κ3) is 38.8. The van der Waals surface area contributed by atoms with Crippen LogP contribution in [-0.2, 0) is 18.4 Å². The van der Waals surface area contributed by atoms with Crippen molar-refractivity contribution in [3.8, 4) is 0 Å². The van der Waals surface area contributed by atoms with Gasteiger partial charge in [-0.25, -0.2) is 0 Å². The number of amides is 1. The highest BCUT2D eigenvalue weighted by Gasteiger charge is 2.23. The van der Waals surface area contributed by atoms with Gasteiger partial charge in [0.25, 0.3) is 7.82 Å². The maximum atomic E-state index is 12.8. The van der Waals surface area contributed by atoms with Crippen LogP contribution in [0.3, 0.4) is 0 Å². The molecule has 1 amide bonds. The monoisotopic (exact) mass is 769 g/mol. The molecule has 0 aliphatic carbocycles. The number of aliphatic hydroxyl groups is 1. The lowest BCUT2D eigenvalue weighted by Crippen LogP contribution is -2.45. The second-order valence-corrected chi connectivity index (χ2v) is 17.4. The molecule has 3 unspecified atom stereocenters. The molecule has 0 fully saturated rings. The summed E-state index contributed by atoms with van der Waals surface area (Å²) in [4.78, 5) is 25.2. The molecule has 0 aliphatic heterocycles. The molecule has 312 valence electrons. The Morgan fingerprint density at radius 3 is 1.58 bits per heavy atom. The Morgan fingerprint density at radius 2 is 1.08 bits per heavy atom. The SMILES string of the molecule is CCCC/C=C/CC/C=C/C(O)C(COP(=O)([O-])OCC[N+](C)(C)C)NC(=O)CCCCCCCCCCCCC/C=C\CCCCCCCCCC. The standard InChI is InChI=1S/C44H85N2O6P/c1-6-8-10-12-14-16-17-18-19-20-21-22-23-24-25-26-27-28-29-30-32-34-36-38-44(48)45-42(41-52-53(49,50)51-40-39-46(3,4)5)43(47)37-35-33-31-15-13-11-9-7-2/h13,15,20-21,35,37,42-43,47H,6-12,14,16-19,22-34,36,38-41H2,1-5H3,(H-,45,48,49,50)/b15-13+,21-20-,37-35+. The predicted octanol–water partition coefficient (Wildman–Crippen LogP) is 11.3. The van der Waals surface area contributed by atoms with Gasteiger partial charge < -0.3 is 28.8 Å². The maximum Gasteiger partial charge on any atom is 0.268 e. The molecule has 2 N–H and O–H groups in total. The molecular formula is C44H85N2O6P. The van der Waals surface area contributed by atoms with Crippen molar-refractivity contribution in [2.75, 3.05) is 40.9 Å². The van der Waals surface area contributed by atoms with E-state index in [0.717, 1.165) is 38.5 Å². The molecule has 0 heterocycles. The summed E-state index contributed by atoms with van der Waals surface area (Å²) >= 11 is 0. The van der Waals surface area contributed by atoms with Crippen molar-refractivity contribution in [3.05, 3.63) is 36.5 Å². The third-order valence-corrected chi connectivity index (χ3v) is 10.5. The van der Waals surface area contributed by atoms with E-state index in [2.05, 4.69) is 43.5 Å². The van der Waals surface area contributed by atoms with E-state index in [1.54, 1.807) is 6.08 Å². The molecule has 3 atom stereocenters. The zero-order chi connectivity index (χ0) is 39.3. The topological polar surface area (TPSA) is 108 Å². The van der Waals surface area contributed by atoms with Crippen molar-refractivity contribution >= 4 is 13.7 Å². The molecule has 0 radical (unpaired) electrons. The van der Waals surface area contributed by atoms with E-state index in [0.29, 0.717) is 17.4 Å². The van der Waals surface area contributed by atoms with Gasteiger partial charge in [0.15, 0.2) is 0 Å². The molecule has 9 heteroatoms. The number of allylic oxidation sites excluding steroid dienone is 5. The summed E-state index contributed by atoms with van der Waals surface area (Å²) in [7, 11) is 1.24. The van der Waals surface area contributed by atoms with Gasteiger partial charge in [-0.2, -0.15) is 0 Å². The van der Waals surface area contributed by atoms with Crippen molar-refractivity contribution in [1.82, 2.24) is 5.32 Å². The lowest BCUT2D eigenvalue weighted by molar-refractivity contribution is -0.870. The number of likely N-dealkylation sites (N-methyl/N-ethyl adjacent to an activating group) is 1. The van der Waals surface area contributed by atoms with Crippen molar-refractivity contribution in [2.24, 2.45) is 0 Å². The van der Waals surface area contributed by atoms with Gasteiger partial charge >= 0.3 is 0 Å². The summed E-state index contributed by atoms with van der Waals surface area (Å²) in [6.07, 6.45) is 43.6. The van der Waals surface area contributed by atoms with Gasteiger partial charge in [0.1, 0.15) is 13.2 Å². The van der Waals surface area contributed by atoms with E-state index in [1.807, 2.05) is 27.2 Å². The molecule has 0 saturated heterocycles. The maximum absolute atomic E-state index is 12.8. The summed E-state index contributed by atoms with van der Waals surface area (Å²) in [6, 6.07) is -0.899. The quantitative estimate of drug-likeness (QED) is 0.0279. The molecule has 0 bridgehead atoms. The smallest absolute Gasteiger partial charge is 0.268 e. The molecule has 0 saturated carbocycles. The number of rotatable bonds is 39. The number of hydrogen-bond donors (Lipinski definition) is 2. The van der Waals surface area contributed by atoms with E-state index in [-0.39, 0.29) is 12.5 Å². The van der Waals surface area contributed by atoms with E-state index in [4.69, 9.17) is 9.05 Å². The number of nitrogens with zero attached hydrogens (tertiary/aromatic N) is 1. The van der Waals surface area contributed by atoms with E-state index < -0.39 is 26.6 Å². The molecule has 53 heavy (non-hydrogen) atoms. The number of carbonyl (C=O) groups is 1. The van der Waals surface area contributed by atoms with Gasteiger partial charge in [-0.1, -0.05) is 166 Å². The molecule has 0 aromatic carbocycles. The zero-order valence-corrected chi connectivity index (χ0v) is 36.1. The van der Waals surface area contributed by atoms with Crippen LogP contribution in [0, 0.1) is 0 Å². The van der Waals surface area contributed by atoms with Crippen molar-refractivity contribution in [3.63, 3.8) is 0 Å². The molecule has 0 spiro atoms. The fraction of sp³-hybridized carbons (Fsp3) is 0.841. The summed E-state index contributed by atoms with van der Waals surface area (Å²) in [5, 5.41) is 13.6. The third-order valence-electron chi connectivity index (χ3n) is 9.57. The van der Waals surface area contributed by atoms with E-state index in [9.17, 15) is 19.4 Å². The Bertz CT molecular complexity index is 964. The summed E-state index contributed by atoms with van der Waals surface area (Å²) < 4.78 is 23.1. The number of unbranched alkanes of at least 4 members (excludes halogenated alkanes) is 22. The van der Waals surface area contributed by atoms with Gasteiger partial charge in [-0.15, -0.1) is 0 Å². The zero-order valence-electron chi connectivity index (χ0n) is 35.2. The summed E-state index contributed by atoms with van der Waals surface area (Å²) in [5.74, 6) is -0.212. The van der Waals surface area contributed by atoms with Gasteiger partial charge in [0.2, 0.25) is 5.91 Å². The number of hydrogen-bond acceptors (Lipinski definition) is 6. The van der Waals surface area contributed by atoms with Crippen molar-refractivity contribution in [2.45, 2.75) is 199 Å². The average Bonchev–Trinajstić information content (AvgIpc) is 3.10. The normalized spacial score (nSPS) is 14.8. The highest BCUT2D eigenvalue weighted by Crippen LogP contribution is 2.38. The number of aliphatic hydroxyl groups excluding tert-OH is 1. The van der Waals surface area contributed by atoms with Gasteiger partial charge in [0, 0.05) is 6.42 Å². The molecule has 0 aliphatic rings. The lowest BCUT2D eigenvalue weighted by atomic mass is 10.0. The minimum Gasteiger partial charge on any atom is -0.756 e. The van der Waals surface area contributed by atoms with Crippen LogP contribution in [0.25, 0.3) is 0 Å². The minimum atomic E-state index is -4.58. The number of carbonyl (C=O) groups excluding carboxylic acids is 1. The van der Waals surface area contributed by atoms with Gasteiger partial charge in [-0.05, 0) is 51.4 Å². The van der Waals surface area contributed by atoms with Gasteiger partial charge in [0.05, 0.1) is 39.9 Å². The first-order valence-electron chi connectivity index (χ1n) is 21.9.